The Morgan fingerprint density at radius 3 is 2.65 bits per heavy atom. The van der Waals surface area contributed by atoms with Gasteiger partial charge in [0.2, 0.25) is 0 Å². The summed E-state index contributed by atoms with van der Waals surface area (Å²) in [6, 6.07) is 7.85. The number of nitrogens with zero attached hydrogens (tertiary/aromatic N) is 1. The highest BCUT2D eigenvalue weighted by atomic mass is 16.6. The minimum atomic E-state index is -0.501. The Bertz CT molecular complexity index is 659. The summed E-state index contributed by atoms with van der Waals surface area (Å²) in [5.74, 6) is 0. The van der Waals surface area contributed by atoms with Crippen molar-refractivity contribution in [2.75, 3.05) is 5.32 Å². The van der Waals surface area contributed by atoms with Crippen LogP contribution in [0.5, 0.6) is 0 Å². The predicted molar refractivity (Wildman–Crippen MR) is 90.2 cm³/mol. The zero-order chi connectivity index (χ0) is 16.9. The summed E-state index contributed by atoms with van der Waals surface area (Å²) >= 11 is 0. The number of anilines is 1. The van der Waals surface area contributed by atoms with Gasteiger partial charge in [0.1, 0.15) is 5.60 Å². The summed E-state index contributed by atoms with van der Waals surface area (Å²) in [5.41, 5.74) is 3.47. The first kappa shape index (κ1) is 16.9. The third-order valence-electron chi connectivity index (χ3n) is 3.22. The van der Waals surface area contributed by atoms with E-state index in [1.807, 2.05) is 52.0 Å². The van der Waals surface area contributed by atoms with Crippen LogP contribution in [0, 0.1) is 6.92 Å². The van der Waals surface area contributed by atoms with E-state index in [-0.39, 0.29) is 0 Å². The number of aryl methyl sites for hydroxylation is 1. The SMILES string of the molecule is Cc1[nH]cnc1CNc1ccccc1CNC(=O)OC(C)(C)C. The third-order valence-corrected chi connectivity index (χ3v) is 3.22. The number of aromatic amines is 1. The molecule has 1 aromatic carbocycles. The molecule has 2 aromatic rings. The molecule has 1 heterocycles. The van der Waals surface area contributed by atoms with E-state index in [4.69, 9.17) is 4.74 Å². The Morgan fingerprint density at radius 1 is 1.26 bits per heavy atom. The lowest BCUT2D eigenvalue weighted by atomic mass is 10.1. The largest absolute Gasteiger partial charge is 0.444 e. The molecule has 0 aliphatic rings. The monoisotopic (exact) mass is 316 g/mol. The van der Waals surface area contributed by atoms with Crippen molar-refractivity contribution in [3.05, 3.63) is 47.5 Å². The van der Waals surface area contributed by atoms with Crippen LogP contribution in [-0.2, 0) is 17.8 Å². The molecule has 2 rings (SSSR count). The van der Waals surface area contributed by atoms with Crippen LogP contribution in [0.25, 0.3) is 0 Å². The summed E-state index contributed by atoms with van der Waals surface area (Å²) in [7, 11) is 0. The van der Waals surface area contributed by atoms with E-state index < -0.39 is 11.7 Å². The van der Waals surface area contributed by atoms with Crippen LogP contribution >= 0.6 is 0 Å². The van der Waals surface area contributed by atoms with E-state index in [1.165, 1.54) is 0 Å². The standard InChI is InChI=1S/C17H24N4O2/c1-12-15(21-11-20-12)10-18-14-8-6-5-7-13(14)9-19-16(22)23-17(2,3)4/h5-8,11,18H,9-10H2,1-4H3,(H,19,22)(H,20,21). The van der Waals surface area contributed by atoms with Crippen LogP contribution in [0.4, 0.5) is 10.5 Å². The fraction of sp³-hybridized carbons (Fsp3) is 0.412. The fourth-order valence-corrected chi connectivity index (χ4v) is 2.07. The molecule has 0 saturated carbocycles. The first-order valence-electron chi connectivity index (χ1n) is 7.62. The molecule has 0 aliphatic heterocycles. The van der Waals surface area contributed by atoms with Gasteiger partial charge in [-0.3, -0.25) is 0 Å². The topological polar surface area (TPSA) is 79.0 Å². The number of hydrogen-bond donors (Lipinski definition) is 3. The second-order valence-corrected chi connectivity index (χ2v) is 6.34. The minimum Gasteiger partial charge on any atom is -0.444 e. The number of imidazole rings is 1. The van der Waals surface area contributed by atoms with Crippen molar-refractivity contribution in [3.63, 3.8) is 0 Å². The molecule has 23 heavy (non-hydrogen) atoms. The number of hydrogen-bond acceptors (Lipinski definition) is 4. The van der Waals surface area contributed by atoms with Crippen LogP contribution in [0.3, 0.4) is 0 Å². The number of rotatable bonds is 5. The molecule has 3 N–H and O–H groups in total. The number of ether oxygens (including phenoxy) is 1. The van der Waals surface area contributed by atoms with E-state index in [2.05, 4.69) is 20.6 Å². The maximum Gasteiger partial charge on any atom is 0.407 e. The lowest BCUT2D eigenvalue weighted by Gasteiger charge is -2.20. The first-order valence-corrected chi connectivity index (χ1v) is 7.62. The van der Waals surface area contributed by atoms with Gasteiger partial charge in [0.25, 0.3) is 0 Å². The molecule has 124 valence electrons. The van der Waals surface area contributed by atoms with Crippen molar-refractivity contribution in [1.29, 1.82) is 0 Å². The molecular weight excluding hydrogens is 292 g/mol. The highest BCUT2D eigenvalue weighted by Gasteiger charge is 2.16. The summed E-state index contributed by atoms with van der Waals surface area (Å²) in [4.78, 5) is 19.1. The Hall–Kier alpha value is -2.50. The van der Waals surface area contributed by atoms with Gasteiger partial charge in [-0.2, -0.15) is 0 Å². The highest BCUT2D eigenvalue weighted by molar-refractivity contribution is 5.68. The Labute approximate surface area is 136 Å². The molecule has 0 atom stereocenters. The summed E-state index contributed by atoms with van der Waals surface area (Å²) in [6.07, 6.45) is 1.26. The summed E-state index contributed by atoms with van der Waals surface area (Å²) < 4.78 is 5.25. The van der Waals surface area contributed by atoms with Crippen LogP contribution in [0.1, 0.15) is 37.7 Å². The predicted octanol–water partition coefficient (Wildman–Crippen LogP) is 3.35. The van der Waals surface area contributed by atoms with Gasteiger partial charge >= 0.3 is 6.09 Å². The van der Waals surface area contributed by atoms with E-state index in [0.29, 0.717) is 13.1 Å². The second kappa shape index (κ2) is 7.17. The summed E-state index contributed by atoms with van der Waals surface area (Å²) in [5, 5.41) is 6.13. The van der Waals surface area contributed by atoms with Gasteiger partial charge in [0.05, 0.1) is 18.6 Å². The molecule has 0 radical (unpaired) electrons. The number of para-hydroxylation sites is 1. The van der Waals surface area contributed by atoms with Crippen molar-refractivity contribution in [2.24, 2.45) is 0 Å². The lowest BCUT2D eigenvalue weighted by Crippen LogP contribution is -2.32. The molecular formula is C17H24N4O2. The Morgan fingerprint density at radius 2 is 2.00 bits per heavy atom. The smallest absolute Gasteiger partial charge is 0.407 e. The van der Waals surface area contributed by atoms with Crippen molar-refractivity contribution in [1.82, 2.24) is 15.3 Å². The van der Waals surface area contributed by atoms with Crippen molar-refractivity contribution >= 4 is 11.8 Å². The molecule has 0 bridgehead atoms. The number of carbonyl (C=O) groups excluding carboxylic acids is 1. The average molecular weight is 316 g/mol. The quantitative estimate of drug-likeness (QED) is 0.790. The third kappa shape index (κ3) is 5.32. The molecule has 0 aliphatic carbocycles. The summed E-state index contributed by atoms with van der Waals surface area (Å²) in [6.45, 7) is 8.53. The molecule has 0 saturated heterocycles. The van der Waals surface area contributed by atoms with E-state index >= 15 is 0 Å². The molecule has 0 spiro atoms. The Balaban J connectivity index is 1.95. The van der Waals surface area contributed by atoms with Gasteiger partial charge in [0, 0.05) is 17.9 Å². The normalized spacial score (nSPS) is 11.1. The number of nitrogens with one attached hydrogen (secondary N) is 3. The van der Waals surface area contributed by atoms with E-state index in [9.17, 15) is 4.79 Å². The van der Waals surface area contributed by atoms with E-state index in [1.54, 1.807) is 6.33 Å². The van der Waals surface area contributed by atoms with Crippen molar-refractivity contribution < 1.29 is 9.53 Å². The second-order valence-electron chi connectivity index (χ2n) is 6.34. The van der Waals surface area contributed by atoms with Crippen molar-refractivity contribution in [3.8, 4) is 0 Å². The Kier molecular flexibility index (Phi) is 5.26. The average Bonchev–Trinajstić information content (AvgIpc) is 2.87. The number of carbonyl (C=O) groups is 1. The van der Waals surface area contributed by atoms with Gasteiger partial charge in [-0.25, -0.2) is 9.78 Å². The van der Waals surface area contributed by atoms with Crippen LogP contribution in [-0.4, -0.2) is 21.7 Å². The molecule has 6 heteroatoms. The van der Waals surface area contributed by atoms with Crippen molar-refractivity contribution in [2.45, 2.75) is 46.4 Å². The number of alkyl carbamates (subject to hydrolysis) is 1. The molecule has 0 fully saturated rings. The molecule has 0 unspecified atom stereocenters. The number of amides is 1. The van der Waals surface area contributed by atoms with Gasteiger partial charge in [0.15, 0.2) is 0 Å². The molecule has 6 nitrogen and oxygen atoms in total. The zero-order valence-electron chi connectivity index (χ0n) is 14.1. The lowest BCUT2D eigenvalue weighted by molar-refractivity contribution is 0.0523. The molecule has 1 amide bonds. The van der Waals surface area contributed by atoms with E-state index in [0.717, 1.165) is 22.6 Å². The van der Waals surface area contributed by atoms with Crippen LogP contribution < -0.4 is 10.6 Å². The zero-order valence-corrected chi connectivity index (χ0v) is 14.1. The maximum atomic E-state index is 11.8. The number of aromatic nitrogens is 2. The van der Waals surface area contributed by atoms with Crippen LogP contribution in [0.2, 0.25) is 0 Å². The highest BCUT2D eigenvalue weighted by Crippen LogP contribution is 2.16. The first-order chi connectivity index (χ1) is 10.8. The minimum absolute atomic E-state index is 0.400. The van der Waals surface area contributed by atoms with Crippen LogP contribution in [0.15, 0.2) is 30.6 Å². The van der Waals surface area contributed by atoms with Gasteiger partial charge < -0.3 is 20.4 Å². The maximum absolute atomic E-state index is 11.8. The van der Waals surface area contributed by atoms with Gasteiger partial charge in [-0.15, -0.1) is 0 Å². The van der Waals surface area contributed by atoms with Gasteiger partial charge in [-0.1, -0.05) is 18.2 Å². The van der Waals surface area contributed by atoms with Gasteiger partial charge in [-0.05, 0) is 39.3 Å². The fourth-order valence-electron chi connectivity index (χ4n) is 2.07. The molecule has 1 aromatic heterocycles. The number of H-pyrrole nitrogens is 1. The number of benzene rings is 1.